The predicted octanol–water partition coefficient (Wildman–Crippen LogP) is 11.8. The molecule has 40 heavy (non-hydrogen) atoms. The number of rotatable bonds is 2. The molecule has 0 unspecified atom stereocenters. The van der Waals surface area contributed by atoms with Gasteiger partial charge in [0.15, 0.2) is 0 Å². The Morgan fingerprint density at radius 3 is 1.20 bits per heavy atom. The quantitative estimate of drug-likeness (QED) is 0.128. The van der Waals surface area contributed by atoms with E-state index in [0.717, 1.165) is 0 Å². The third kappa shape index (κ3) is 7.54. The summed E-state index contributed by atoms with van der Waals surface area (Å²) in [5.41, 5.74) is 10.6. The molecule has 0 saturated carbocycles. The van der Waals surface area contributed by atoms with E-state index < -0.39 is 18.0 Å². The summed E-state index contributed by atoms with van der Waals surface area (Å²) < 4.78 is 0. The zero-order chi connectivity index (χ0) is 28.8. The van der Waals surface area contributed by atoms with E-state index in [0.29, 0.717) is 0 Å². The van der Waals surface area contributed by atoms with E-state index in [1.807, 2.05) is 0 Å². The summed E-state index contributed by atoms with van der Waals surface area (Å²) in [6.45, 7) is 13.0. The van der Waals surface area contributed by atoms with Crippen molar-refractivity contribution in [2.24, 2.45) is 0 Å². The molecule has 4 heteroatoms. The molecule has 0 atom stereocenters. The van der Waals surface area contributed by atoms with Crippen molar-refractivity contribution in [3.05, 3.63) is 131 Å². The van der Waals surface area contributed by atoms with Crippen molar-refractivity contribution in [2.75, 3.05) is 0 Å². The third-order valence-corrected chi connectivity index (χ3v) is 26.8. The van der Waals surface area contributed by atoms with Gasteiger partial charge in [-0.1, -0.05) is 124 Å². The summed E-state index contributed by atoms with van der Waals surface area (Å²) in [7, 11) is 11.2. The Kier molecular flexibility index (Phi) is 10.8. The molecule has 0 aliphatic heterocycles. The molecule has 6 aromatic carbocycles. The van der Waals surface area contributed by atoms with Gasteiger partial charge in [0.1, 0.15) is 0 Å². The first-order chi connectivity index (χ1) is 19.2. The molecule has 0 radical (unpaired) electrons. The Morgan fingerprint density at radius 2 is 0.875 bits per heavy atom. The van der Waals surface area contributed by atoms with Crippen molar-refractivity contribution in [1.29, 1.82) is 0 Å². The van der Waals surface area contributed by atoms with Crippen LogP contribution in [0, 0.1) is 27.7 Å². The molecule has 0 nitrogen and oxygen atoms in total. The first-order valence-electron chi connectivity index (χ1n) is 13.6. The van der Waals surface area contributed by atoms with E-state index in [1.165, 1.54) is 66.1 Å². The van der Waals surface area contributed by atoms with Gasteiger partial charge in [-0.05, 0) is 21.5 Å². The molecule has 0 heterocycles. The van der Waals surface area contributed by atoms with Gasteiger partial charge in [0.05, 0.1) is 0 Å². The number of halogens is 2. The maximum Gasteiger partial charge on any atom is -0.0189 e. The Labute approximate surface area is 254 Å². The average Bonchev–Trinajstić information content (AvgIpc) is 3.47. The van der Waals surface area contributed by atoms with Crippen molar-refractivity contribution in [3.8, 4) is 22.3 Å². The van der Waals surface area contributed by atoms with E-state index in [4.69, 9.17) is 17.0 Å². The number of fused-ring (bicyclic) bond motifs is 2. The van der Waals surface area contributed by atoms with E-state index in [-0.39, 0.29) is 5.43 Å². The molecule has 0 saturated heterocycles. The van der Waals surface area contributed by atoms with Crippen LogP contribution in [0.3, 0.4) is 0 Å². The van der Waals surface area contributed by atoms with Crippen LogP contribution in [-0.4, -0.2) is 5.43 Å². The average molecular weight is 659 g/mol. The fraction of sp³-hybridized carbons (Fsp3) is 0.167. The number of hydrogen-bond donors (Lipinski definition) is 0. The zero-order valence-corrected chi connectivity index (χ0v) is 29.1. The fourth-order valence-corrected chi connectivity index (χ4v) is 5.11. The monoisotopic (exact) mass is 656 g/mol. The molecule has 204 valence electrons. The summed E-state index contributed by atoms with van der Waals surface area (Å²) in [5.74, 6) is 0. The molecule has 0 N–H and O–H groups in total. The maximum atomic E-state index is 5.62. The van der Waals surface area contributed by atoms with Crippen LogP contribution in [0.15, 0.2) is 109 Å². The Hall–Kier alpha value is -2.22. The summed E-state index contributed by atoms with van der Waals surface area (Å²) >= 11 is -1.65. The normalized spacial score (nSPS) is 10.5. The van der Waals surface area contributed by atoms with Gasteiger partial charge in [-0.15, -0.1) is 0 Å². The minimum atomic E-state index is -1.65. The second-order valence-corrected chi connectivity index (χ2v) is 33.6. The van der Waals surface area contributed by atoms with Crippen LogP contribution >= 0.6 is 17.0 Å². The van der Waals surface area contributed by atoms with Gasteiger partial charge in [-0.2, -0.15) is 45.5 Å². The van der Waals surface area contributed by atoms with Gasteiger partial charge >= 0.3 is 53.5 Å². The van der Waals surface area contributed by atoms with Crippen LogP contribution in [-0.2, 0) is 18.0 Å². The molecular weight excluding hydrogens is 623 g/mol. The van der Waals surface area contributed by atoms with Gasteiger partial charge in [0, 0.05) is 0 Å². The maximum absolute atomic E-state index is 5.62. The second kappa shape index (κ2) is 14.1. The number of hydrogen-bond acceptors (Lipinski definition) is 0. The predicted molar refractivity (Wildman–Crippen MR) is 178 cm³/mol. The fourth-order valence-electron chi connectivity index (χ4n) is 5.11. The summed E-state index contributed by atoms with van der Waals surface area (Å²) in [5, 5.41) is 5.29. The third-order valence-electron chi connectivity index (χ3n) is 7.02. The summed E-state index contributed by atoms with van der Waals surface area (Å²) in [6.07, 6.45) is 0. The molecule has 0 aliphatic rings. The zero-order valence-electron chi connectivity index (χ0n) is 24.1. The van der Waals surface area contributed by atoms with Crippen LogP contribution in [0.2, 0.25) is 13.1 Å². The molecule has 6 aromatic rings. The molecule has 0 spiro atoms. The van der Waals surface area contributed by atoms with E-state index in [9.17, 15) is 0 Å². The van der Waals surface area contributed by atoms with Crippen molar-refractivity contribution < 1.29 is 18.0 Å². The van der Waals surface area contributed by atoms with Crippen molar-refractivity contribution in [2.45, 2.75) is 40.8 Å². The minimum absolute atomic E-state index is 0.224. The molecule has 0 fully saturated rings. The van der Waals surface area contributed by atoms with Gasteiger partial charge in [0.25, 0.3) is 0 Å². The van der Waals surface area contributed by atoms with Gasteiger partial charge in [0.2, 0.25) is 0 Å². The number of benzene rings is 4. The summed E-state index contributed by atoms with van der Waals surface area (Å²) in [4.78, 5) is 0. The van der Waals surface area contributed by atoms with E-state index in [2.05, 4.69) is 150 Å². The molecule has 0 aliphatic carbocycles. The first-order valence-corrected chi connectivity index (χ1v) is 26.1. The van der Waals surface area contributed by atoms with Gasteiger partial charge < -0.3 is 0 Å². The Bertz CT molecular complexity index is 1640. The largest absolute Gasteiger partial charge is 0.203 e. The first kappa shape index (κ1) is 30.7. The summed E-state index contributed by atoms with van der Waals surface area (Å²) in [6, 6.07) is 39.2. The Morgan fingerprint density at radius 1 is 0.525 bits per heavy atom. The van der Waals surface area contributed by atoms with Crippen LogP contribution in [0.5, 0.6) is 0 Å². The Balaban J connectivity index is 0.000000155. The van der Waals surface area contributed by atoms with Crippen molar-refractivity contribution >= 4 is 44.0 Å². The second-order valence-electron chi connectivity index (χ2n) is 10.6. The minimum Gasteiger partial charge on any atom is -0.203 e. The molecule has 0 amide bonds. The smallest absolute Gasteiger partial charge is 0.0189 e. The van der Waals surface area contributed by atoms with Crippen molar-refractivity contribution in [3.63, 3.8) is 0 Å². The van der Waals surface area contributed by atoms with Crippen molar-refractivity contribution in [1.82, 2.24) is 0 Å². The van der Waals surface area contributed by atoms with Gasteiger partial charge in [-0.25, -0.2) is 12.1 Å². The molecule has 0 aromatic heterocycles. The van der Waals surface area contributed by atoms with Crippen LogP contribution in [0.25, 0.3) is 43.8 Å². The van der Waals surface area contributed by atoms with Crippen LogP contribution in [0.4, 0.5) is 0 Å². The SMILES string of the molecule is C[Si](C)=[Zr]([Cl])[Cl].Cc1cc(-c2cccc3ccccc23)c(C)[cH-]1.Cc1cc(-c2cccc3ccccc23)c(C)[cH-]1. The van der Waals surface area contributed by atoms with E-state index >= 15 is 0 Å². The molecule has 6 rings (SSSR count). The van der Waals surface area contributed by atoms with Crippen LogP contribution < -0.4 is 0 Å². The van der Waals surface area contributed by atoms with Gasteiger partial charge in [-0.3, -0.25) is 0 Å². The topological polar surface area (TPSA) is 0 Å². The molecule has 0 bridgehead atoms. The standard InChI is InChI=1S/2C17H15.C2H6Si.2ClH.Zr/c2*1-12-10-13(2)17(11-12)16-9-5-7-14-6-3-4-8-15(14)16;1-3-2;;;/h2*3-11H,1-2H3;1-2H3;2*1H;/q2*-1;;;;+2/p-2. The van der Waals surface area contributed by atoms with E-state index in [1.54, 1.807) is 0 Å². The number of aryl methyl sites for hydroxylation is 4. The van der Waals surface area contributed by atoms with Crippen LogP contribution in [0.1, 0.15) is 22.3 Å². The molecular formula is C36H36Cl2SiZr-2.